The van der Waals surface area contributed by atoms with Crippen LogP contribution in [0.2, 0.25) is 0 Å². The van der Waals surface area contributed by atoms with Crippen molar-refractivity contribution in [3.05, 3.63) is 59.7 Å². The van der Waals surface area contributed by atoms with Crippen LogP contribution in [0.1, 0.15) is 43.2 Å². The number of imide groups is 1. The Morgan fingerprint density at radius 2 is 1.77 bits per heavy atom. The maximum Gasteiger partial charge on any atom is 0.325 e. The highest BCUT2D eigenvalue weighted by molar-refractivity contribution is 7.89. The molecule has 4 amide bonds. The van der Waals surface area contributed by atoms with E-state index in [0.717, 1.165) is 48.1 Å². The Morgan fingerprint density at radius 1 is 1.00 bits per heavy atom. The van der Waals surface area contributed by atoms with Crippen molar-refractivity contribution >= 4 is 33.6 Å². The highest BCUT2D eigenvalue weighted by atomic mass is 32.2. The van der Waals surface area contributed by atoms with Gasteiger partial charge in [-0.05, 0) is 61.4 Å². The summed E-state index contributed by atoms with van der Waals surface area (Å²) in [5.74, 6) is -1.02. The van der Waals surface area contributed by atoms with Gasteiger partial charge in [0.2, 0.25) is 15.9 Å². The molecule has 2 aromatic rings. The quantitative estimate of drug-likeness (QED) is 0.618. The van der Waals surface area contributed by atoms with Crippen molar-refractivity contribution in [2.45, 2.75) is 49.0 Å². The van der Waals surface area contributed by atoms with Crippen LogP contribution in [0.5, 0.6) is 0 Å². The number of sulfonamides is 1. The maximum atomic E-state index is 13.4. The summed E-state index contributed by atoms with van der Waals surface area (Å²) in [4.78, 5) is 40.0. The third kappa shape index (κ3) is 4.21. The zero-order chi connectivity index (χ0) is 24.6. The van der Waals surface area contributed by atoms with Crippen LogP contribution in [0.15, 0.2) is 53.4 Å². The fourth-order valence-corrected chi connectivity index (χ4v) is 6.85. The predicted octanol–water partition coefficient (Wildman–Crippen LogP) is 2.58. The minimum absolute atomic E-state index is 0.102. The van der Waals surface area contributed by atoms with Gasteiger partial charge in [-0.25, -0.2) is 13.2 Å². The summed E-state index contributed by atoms with van der Waals surface area (Å²) in [6.07, 6.45) is 4.72. The van der Waals surface area contributed by atoms with Gasteiger partial charge in [0.15, 0.2) is 0 Å². The third-order valence-electron chi connectivity index (χ3n) is 7.02. The van der Waals surface area contributed by atoms with Crippen LogP contribution in [-0.4, -0.2) is 55.1 Å². The highest BCUT2D eigenvalue weighted by Crippen LogP contribution is 2.39. The van der Waals surface area contributed by atoms with Gasteiger partial charge in [-0.3, -0.25) is 14.5 Å². The Balaban J connectivity index is 1.30. The van der Waals surface area contributed by atoms with Gasteiger partial charge in [-0.1, -0.05) is 36.8 Å². The van der Waals surface area contributed by atoms with Crippen molar-refractivity contribution in [2.24, 2.45) is 0 Å². The Morgan fingerprint density at radius 3 is 2.57 bits per heavy atom. The summed E-state index contributed by atoms with van der Waals surface area (Å²) in [5.41, 5.74) is 0.945. The predicted molar refractivity (Wildman–Crippen MR) is 129 cm³/mol. The van der Waals surface area contributed by atoms with E-state index in [0.29, 0.717) is 19.5 Å². The van der Waals surface area contributed by atoms with Crippen LogP contribution in [0.3, 0.4) is 0 Å². The van der Waals surface area contributed by atoms with Crippen molar-refractivity contribution in [3.8, 4) is 0 Å². The Bertz CT molecular complexity index is 1290. The number of amides is 4. The van der Waals surface area contributed by atoms with E-state index in [-0.39, 0.29) is 10.6 Å². The van der Waals surface area contributed by atoms with E-state index in [9.17, 15) is 22.8 Å². The first-order chi connectivity index (χ1) is 16.8. The van der Waals surface area contributed by atoms with Gasteiger partial charge < -0.3 is 10.6 Å². The molecule has 2 saturated heterocycles. The monoisotopic (exact) mass is 496 g/mol. The Labute approximate surface area is 204 Å². The van der Waals surface area contributed by atoms with E-state index >= 15 is 0 Å². The van der Waals surface area contributed by atoms with Gasteiger partial charge in [0, 0.05) is 18.8 Å². The molecule has 35 heavy (non-hydrogen) atoms. The molecule has 1 aliphatic carbocycles. The minimum atomic E-state index is -3.65. The molecule has 2 aliphatic heterocycles. The second kappa shape index (κ2) is 9.09. The molecule has 1 spiro atoms. The van der Waals surface area contributed by atoms with Crippen molar-refractivity contribution < 1.29 is 22.8 Å². The Kier molecular flexibility index (Phi) is 6.10. The van der Waals surface area contributed by atoms with Gasteiger partial charge >= 0.3 is 6.03 Å². The number of nitrogens with zero attached hydrogens (tertiary/aromatic N) is 2. The van der Waals surface area contributed by atoms with Gasteiger partial charge in [0.05, 0.1) is 4.90 Å². The van der Waals surface area contributed by atoms with Crippen LogP contribution in [0.4, 0.5) is 10.5 Å². The molecule has 2 heterocycles. The van der Waals surface area contributed by atoms with E-state index in [4.69, 9.17) is 0 Å². The maximum absolute atomic E-state index is 13.4. The summed E-state index contributed by atoms with van der Waals surface area (Å²) < 4.78 is 27.4. The normalized spacial score (nSPS) is 22.7. The molecule has 2 aromatic carbocycles. The van der Waals surface area contributed by atoms with Gasteiger partial charge in [-0.2, -0.15) is 4.31 Å². The van der Waals surface area contributed by atoms with Crippen LogP contribution < -0.4 is 10.6 Å². The van der Waals surface area contributed by atoms with E-state index in [1.807, 2.05) is 24.3 Å². The zero-order valence-electron chi connectivity index (χ0n) is 19.3. The fraction of sp³-hybridized carbons (Fsp3) is 0.400. The summed E-state index contributed by atoms with van der Waals surface area (Å²) in [6, 6.07) is 13.0. The number of carbonyl (C=O) groups excluding carboxylic acids is 3. The molecule has 0 radical (unpaired) electrons. The van der Waals surface area contributed by atoms with Crippen molar-refractivity contribution in [1.82, 2.24) is 14.5 Å². The molecule has 9 nitrogen and oxygen atoms in total. The number of hydrogen-bond acceptors (Lipinski definition) is 5. The first kappa shape index (κ1) is 23.5. The summed E-state index contributed by atoms with van der Waals surface area (Å²) in [6.45, 7) is 0.504. The molecule has 0 unspecified atom stereocenters. The lowest BCUT2D eigenvalue weighted by atomic mass is 9.76. The standard InChI is InChI=1S/C25H28N4O5S/c30-22(26-19-10-6-11-20(16-19)35(33,34)28-14-4-1-5-15-28)17-29-23(31)25(27-24(29)32)13-7-9-18-8-2-3-12-21(18)25/h2-3,6,8,10-12,16H,1,4-5,7,9,13-15,17H2,(H,26,30)(H,27,32)/t25-/m1/s1. The first-order valence-corrected chi connectivity index (χ1v) is 13.4. The second-order valence-electron chi connectivity index (χ2n) is 9.28. The van der Waals surface area contributed by atoms with E-state index in [2.05, 4.69) is 10.6 Å². The fourth-order valence-electron chi connectivity index (χ4n) is 5.29. The Hall–Kier alpha value is -3.24. The number of nitrogens with one attached hydrogen (secondary N) is 2. The minimum Gasteiger partial charge on any atom is -0.324 e. The number of benzene rings is 2. The smallest absolute Gasteiger partial charge is 0.324 e. The molecule has 10 heteroatoms. The molecular formula is C25H28N4O5S. The van der Waals surface area contributed by atoms with Crippen LogP contribution in [0, 0.1) is 0 Å². The molecule has 3 aliphatic rings. The molecule has 2 N–H and O–H groups in total. The second-order valence-corrected chi connectivity index (χ2v) is 11.2. The molecule has 1 atom stereocenters. The molecule has 184 valence electrons. The summed E-state index contributed by atoms with van der Waals surface area (Å²) >= 11 is 0. The molecule has 5 rings (SSSR count). The number of rotatable bonds is 5. The number of aryl methyl sites for hydroxylation is 1. The molecule has 0 bridgehead atoms. The number of hydrogen-bond donors (Lipinski definition) is 2. The zero-order valence-corrected chi connectivity index (χ0v) is 20.1. The number of carbonyl (C=O) groups is 3. The molecular weight excluding hydrogens is 468 g/mol. The number of anilines is 1. The molecule has 0 saturated carbocycles. The van der Waals surface area contributed by atoms with Crippen LogP contribution in [0.25, 0.3) is 0 Å². The lowest BCUT2D eigenvalue weighted by Crippen LogP contribution is -2.47. The van der Waals surface area contributed by atoms with Crippen LogP contribution in [-0.2, 0) is 31.6 Å². The first-order valence-electron chi connectivity index (χ1n) is 11.9. The van der Waals surface area contributed by atoms with Crippen molar-refractivity contribution in [1.29, 1.82) is 0 Å². The topological polar surface area (TPSA) is 116 Å². The van der Waals surface area contributed by atoms with Gasteiger partial charge in [0.25, 0.3) is 5.91 Å². The van der Waals surface area contributed by atoms with E-state index < -0.39 is 40.0 Å². The van der Waals surface area contributed by atoms with Crippen molar-refractivity contribution in [2.75, 3.05) is 25.0 Å². The molecule has 0 aromatic heterocycles. The number of piperidine rings is 1. The lowest BCUT2D eigenvalue weighted by Gasteiger charge is -2.33. The highest BCUT2D eigenvalue weighted by Gasteiger charge is 2.54. The average molecular weight is 497 g/mol. The van der Waals surface area contributed by atoms with Gasteiger partial charge in [-0.15, -0.1) is 0 Å². The average Bonchev–Trinajstić information content (AvgIpc) is 3.09. The van der Waals surface area contributed by atoms with Crippen LogP contribution >= 0.6 is 0 Å². The third-order valence-corrected chi connectivity index (χ3v) is 8.92. The van der Waals surface area contributed by atoms with E-state index in [1.54, 1.807) is 12.1 Å². The summed E-state index contributed by atoms with van der Waals surface area (Å²) in [5, 5.41) is 5.47. The largest absolute Gasteiger partial charge is 0.325 e. The molecule has 2 fully saturated rings. The lowest BCUT2D eigenvalue weighted by molar-refractivity contribution is -0.134. The van der Waals surface area contributed by atoms with E-state index in [1.165, 1.54) is 16.4 Å². The van der Waals surface area contributed by atoms with Gasteiger partial charge in [0.1, 0.15) is 12.1 Å². The SMILES string of the molecule is O=C(CN1C(=O)N[C@@]2(CCCc3ccccc32)C1=O)Nc1cccc(S(=O)(=O)N2CCCCC2)c1. The summed E-state index contributed by atoms with van der Waals surface area (Å²) in [7, 11) is -3.65. The number of fused-ring (bicyclic) bond motifs is 2. The number of urea groups is 1. The van der Waals surface area contributed by atoms with Crippen molar-refractivity contribution in [3.63, 3.8) is 0 Å².